The Morgan fingerprint density at radius 2 is 1.36 bits per heavy atom. The molecule has 2 amide bonds. The third-order valence-electron chi connectivity index (χ3n) is 8.69. The Bertz CT molecular complexity index is 1390. The summed E-state index contributed by atoms with van der Waals surface area (Å²) in [6, 6.07) is 18.2. The lowest BCUT2D eigenvalue weighted by Gasteiger charge is -2.33. The minimum absolute atomic E-state index is 0.109. The summed E-state index contributed by atoms with van der Waals surface area (Å²) in [5, 5.41) is 0. The van der Waals surface area contributed by atoms with Crippen LogP contribution in [0.4, 0.5) is 39.9 Å². The second-order valence-electron chi connectivity index (χ2n) is 11.3. The first-order valence-electron chi connectivity index (χ1n) is 13.4. The zero-order chi connectivity index (χ0) is 30.5. The maximum absolute atomic E-state index is 14.7. The van der Waals surface area contributed by atoms with Gasteiger partial charge in [-0.15, -0.1) is 0 Å². The van der Waals surface area contributed by atoms with Gasteiger partial charge < -0.3 is 9.80 Å². The number of carbonyl (C=O) groups is 1. The molecule has 2 aliphatic heterocycles. The number of hydrogen-bond acceptors (Lipinski definition) is 1. The number of benzene rings is 3. The van der Waals surface area contributed by atoms with Crippen molar-refractivity contribution in [3.8, 4) is 0 Å². The van der Waals surface area contributed by atoms with Gasteiger partial charge in [0.1, 0.15) is 5.82 Å². The van der Waals surface area contributed by atoms with Crippen molar-refractivity contribution in [1.82, 2.24) is 9.80 Å². The van der Waals surface area contributed by atoms with E-state index in [2.05, 4.69) is 0 Å². The van der Waals surface area contributed by atoms with Crippen LogP contribution in [0.25, 0.3) is 0 Å². The third kappa shape index (κ3) is 5.11. The molecule has 0 radical (unpaired) electrons. The predicted octanol–water partition coefficient (Wildman–Crippen LogP) is 8.08. The Labute approximate surface area is 237 Å². The van der Waals surface area contributed by atoms with E-state index < -0.39 is 40.7 Å². The molecule has 0 saturated carbocycles. The molecule has 2 saturated heterocycles. The highest BCUT2D eigenvalue weighted by molar-refractivity contribution is 5.76. The molecule has 0 N–H and O–H groups in total. The Morgan fingerprint density at radius 1 is 0.762 bits per heavy atom. The standard InChI is InChI=1S/C31H28F8N2O/c1-28(23-11-13-25(32)14-12-23)19-41(27(42)40-16-15-22(17-40)20-5-3-2-4-6-20)18-26(28)21-7-9-24(10-8-21)29(33,30(34,35)36)31(37,38)39/h2-14,22,26H,15-19H2,1H3/t22?,26-,28+/m0/s1. The molecule has 3 nitrogen and oxygen atoms in total. The molecule has 3 aromatic rings. The fraction of sp³-hybridized carbons (Fsp3) is 0.387. The van der Waals surface area contributed by atoms with E-state index in [0.717, 1.165) is 24.1 Å². The van der Waals surface area contributed by atoms with Crippen LogP contribution in [-0.4, -0.2) is 54.4 Å². The summed E-state index contributed by atoms with van der Waals surface area (Å²) >= 11 is 0. The Morgan fingerprint density at radius 3 is 1.93 bits per heavy atom. The summed E-state index contributed by atoms with van der Waals surface area (Å²) in [6.45, 7) is 3.12. The van der Waals surface area contributed by atoms with E-state index in [0.29, 0.717) is 36.3 Å². The quantitative estimate of drug-likeness (QED) is 0.280. The Hall–Kier alpha value is -3.63. The fourth-order valence-corrected chi connectivity index (χ4v) is 6.30. The molecule has 5 rings (SSSR count). The monoisotopic (exact) mass is 596 g/mol. The third-order valence-corrected chi connectivity index (χ3v) is 8.69. The molecule has 224 valence electrons. The summed E-state index contributed by atoms with van der Waals surface area (Å²) in [5.41, 5.74) is -5.90. The van der Waals surface area contributed by atoms with Crippen molar-refractivity contribution >= 4 is 6.03 Å². The molecule has 3 aromatic carbocycles. The van der Waals surface area contributed by atoms with Crippen LogP contribution in [-0.2, 0) is 11.1 Å². The van der Waals surface area contributed by atoms with Gasteiger partial charge in [0.15, 0.2) is 0 Å². The lowest BCUT2D eigenvalue weighted by Crippen LogP contribution is -2.50. The molecule has 2 fully saturated rings. The number of alkyl halides is 7. The molecule has 11 heteroatoms. The van der Waals surface area contributed by atoms with Crippen LogP contribution in [0.1, 0.15) is 47.4 Å². The number of rotatable bonds is 4. The zero-order valence-electron chi connectivity index (χ0n) is 22.5. The van der Waals surface area contributed by atoms with Gasteiger partial charge in [0, 0.05) is 49.0 Å². The number of urea groups is 1. The van der Waals surface area contributed by atoms with Gasteiger partial charge in [-0.3, -0.25) is 0 Å². The molecule has 2 heterocycles. The average Bonchev–Trinajstić information content (AvgIpc) is 3.58. The first-order valence-corrected chi connectivity index (χ1v) is 13.4. The number of likely N-dealkylation sites (tertiary alicyclic amines) is 2. The first-order chi connectivity index (χ1) is 19.6. The van der Waals surface area contributed by atoms with Gasteiger partial charge in [0.2, 0.25) is 0 Å². The zero-order valence-corrected chi connectivity index (χ0v) is 22.5. The van der Waals surface area contributed by atoms with Crippen molar-refractivity contribution in [2.45, 2.75) is 48.6 Å². The summed E-state index contributed by atoms with van der Waals surface area (Å²) in [7, 11) is 0. The van der Waals surface area contributed by atoms with Crippen LogP contribution in [0, 0.1) is 5.82 Å². The molecule has 2 aliphatic rings. The number of amides is 2. The van der Waals surface area contributed by atoms with Crippen LogP contribution in [0.5, 0.6) is 0 Å². The van der Waals surface area contributed by atoms with E-state index in [4.69, 9.17) is 0 Å². The largest absolute Gasteiger partial charge is 0.435 e. The van der Waals surface area contributed by atoms with E-state index in [-0.39, 0.29) is 25.0 Å². The number of nitrogens with zero attached hydrogens (tertiary/aromatic N) is 2. The highest BCUT2D eigenvalue weighted by atomic mass is 19.4. The predicted molar refractivity (Wildman–Crippen MR) is 140 cm³/mol. The smallest absolute Gasteiger partial charge is 0.324 e. The van der Waals surface area contributed by atoms with E-state index in [1.807, 2.05) is 37.3 Å². The van der Waals surface area contributed by atoms with Gasteiger partial charge in [0.25, 0.3) is 0 Å². The molecule has 0 spiro atoms. The van der Waals surface area contributed by atoms with E-state index in [1.165, 1.54) is 12.1 Å². The summed E-state index contributed by atoms with van der Waals surface area (Å²) in [5.74, 6) is -0.913. The van der Waals surface area contributed by atoms with Crippen molar-refractivity contribution in [1.29, 1.82) is 0 Å². The van der Waals surface area contributed by atoms with E-state index >= 15 is 0 Å². The van der Waals surface area contributed by atoms with Crippen LogP contribution < -0.4 is 0 Å². The SMILES string of the molecule is C[C@]1(c2ccc(F)cc2)CN(C(=O)N2CCC(c3ccccc3)C2)C[C@H]1c1ccc(C(F)(C(F)(F)F)C(F)(F)F)cc1. The molecule has 0 aliphatic carbocycles. The van der Waals surface area contributed by atoms with Crippen LogP contribution in [0.3, 0.4) is 0 Å². The molecule has 3 atom stereocenters. The molecular weight excluding hydrogens is 568 g/mol. The van der Waals surface area contributed by atoms with Gasteiger partial charge in [-0.05, 0) is 35.2 Å². The van der Waals surface area contributed by atoms with Crippen molar-refractivity contribution in [3.05, 3.63) is 107 Å². The van der Waals surface area contributed by atoms with E-state index in [1.54, 1.807) is 21.9 Å². The number of carbonyl (C=O) groups excluding carboxylic acids is 1. The second-order valence-corrected chi connectivity index (χ2v) is 11.3. The highest BCUT2D eigenvalue weighted by Gasteiger charge is 2.73. The van der Waals surface area contributed by atoms with Gasteiger partial charge in [-0.1, -0.05) is 73.7 Å². The van der Waals surface area contributed by atoms with Gasteiger partial charge in [-0.25, -0.2) is 13.6 Å². The van der Waals surface area contributed by atoms with Crippen LogP contribution >= 0.6 is 0 Å². The van der Waals surface area contributed by atoms with Gasteiger partial charge in [0.05, 0.1) is 0 Å². The summed E-state index contributed by atoms with van der Waals surface area (Å²) in [6.07, 6.45) is -11.7. The van der Waals surface area contributed by atoms with Crippen molar-refractivity contribution in [2.24, 2.45) is 0 Å². The number of hydrogen-bond donors (Lipinski definition) is 0. The van der Waals surface area contributed by atoms with Gasteiger partial charge >= 0.3 is 24.1 Å². The first kappa shape index (κ1) is 29.8. The summed E-state index contributed by atoms with van der Waals surface area (Å²) in [4.78, 5) is 17.0. The molecule has 0 aromatic heterocycles. The maximum Gasteiger partial charge on any atom is 0.435 e. The summed E-state index contributed by atoms with van der Waals surface area (Å²) < 4.78 is 108. The van der Waals surface area contributed by atoms with Crippen molar-refractivity contribution in [2.75, 3.05) is 26.2 Å². The van der Waals surface area contributed by atoms with Crippen molar-refractivity contribution in [3.63, 3.8) is 0 Å². The maximum atomic E-state index is 14.7. The number of halogens is 8. The topological polar surface area (TPSA) is 23.6 Å². The molecular formula is C31H28F8N2O. The lowest BCUT2D eigenvalue weighted by molar-refractivity contribution is -0.348. The Kier molecular flexibility index (Phi) is 7.52. The fourth-order valence-electron chi connectivity index (χ4n) is 6.30. The Balaban J connectivity index is 1.45. The minimum Gasteiger partial charge on any atom is -0.324 e. The van der Waals surface area contributed by atoms with E-state index in [9.17, 15) is 39.9 Å². The molecule has 42 heavy (non-hydrogen) atoms. The van der Waals surface area contributed by atoms with Gasteiger partial charge in [-0.2, -0.15) is 26.3 Å². The molecule has 0 bridgehead atoms. The molecule has 1 unspecified atom stereocenters. The highest BCUT2D eigenvalue weighted by Crippen LogP contribution is 2.54. The average molecular weight is 597 g/mol. The van der Waals surface area contributed by atoms with Crippen molar-refractivity contribution < 1.29 is 39.9 Å². The lowest BCUT2D eigenvalue weighted by atomic mass is 9.71. The normalized spacial score (nSPS) is 23.5. The van der Waals surface area contributed by atoms with Crippen LogP contribution in [0.2, 0.25) is 0 Å². The minimum atomic E-state index is -6.22. The van der Waals surface area contributed by atoms with Crippen LogP contribution in [0.15, 0.2) is 78.9 Å². The second kappa shape index (κ2) is 10.6.